The van der Waals surface area contributed by atoms with Gasteiger partial charge in [0.1, 0.15) is 0 Å². The van der Waals surface area contributed by atoms with Crippen molar-refractivity contribution in [2.45, 2.75) is 11.8 Å². The van der Waals surface area contributed by atoms with Gasteiger partial charge in [-0.15, -0.1) is 11.8 Å². The number of carbonyl (C=O) groups is 1. The van der Waals surface area contributed by atoms with E-state index in [-0.39, 0.29) is 0 Å². The molecule has 1 heterocycles. The van der Waals surface area contributed by atoms with E-state index < -0.39 is 0 Å². The average Bonchev–Trinajstić information content (AvgIpc) is 2.18. The third-order valence-electron chi connectivity index (χ3n) is 2.45. The normalized spacial score (nSPS) is 15.1. The molecule has 0 aromatic heterocycles. The van der Waals surface area contributed by atoms with Gasteiger partial charge in [-0.3, -0.25) is 4.79 Å². The van der Waals surface area contributed by atoms with Crippen LogP contribution in [-0.2, 0) is 0 Å². The fourth-order valence-corrected chi connectivity index (χ4v) is 2.92. The highest BCUT2D eigenvalue weighted by Crippen LogP contribution is 2.36. The van der Waals surface area contributed by atoms with Crippen LogP contribution in [0.4, 0.5) is 5.69 Å². The van der Waals surface area contributed by atoms with Crippen LogP contribution >= 0.6 is 11.8 Å². The van der Waals surface area contributed by atoms with E-state index >= 15 is 0 Å². The number of hydrogen-bond acceptors (Lipinski definition) is 3. The van der Waals surface area contributed by atoms with Gasteiger partial charge < -0.3 is 4.90 Å². The maximum absolute atomic E-state index is 10.9. The molecule has 0 radical (unpaired) electrons. The summed E-state index contributed by atoms with van der Waals surface area (Å²) in [6, 6.07) is 4.10. The Labute approximate surface area is 88.3 Å². The predicted octanol–water partition coefficient (Wildman–Crippen LogP) is 2.35. The van der Waals surface area contributed by atoms with Crippen LogP contribution < -0.4 is 4.90 Å². The highest BCUT2D eigenvalue weighted by atomic mass is 32.2. The molecule has 0 spiro atoms. The third kappa shape index (κ3) is 1.52. The third-order valence-corrected chi connectivity index (χ3v) is 3.57. The van der Waals surface area contributed by atoms with Gasteiger partial charge in [0.2, 0.25) is 0 Å². The summed E-state index contributed by atoms with van der Waals surface area (Å²) in [6.45, 7) is 3.08. The van der Waals surface area contributed by atoms with Crippen LogP contribution in [0, 0.1) is 6.92 Å². The number of nitrogens with zero attached hydrogens (tertiary/aromatic N) is 1. The zero-order valence-corrected chi connectivity index (χ0v) is 9.23. The molecule has 14 heavy (non-hydrogen) atoms. The van der Waals surface area contributed by atoms with E-state index in [0.717, 1.165) is 34.6 Å². The van der Waals surface area contributed by atoms with Gasteiger partial charge in [0.25, 0.3) is 0 Å². The quantitative estimate of drug-likeness (QED) is 0.659. The zero-order chi connectivity index (χ0) is 10.1. The first kappa shape index (κ1) is 9.59. The van der Waals surface area contributed by atoms with E-state index in [9.17, 15) is 4.79 Å². The first-order valence-corrected chi connectivity index (χ1v) is 5.64. The van der Waals surface area contributed by atoms with Gasteiger partial charge in [0.15, 0.2) is 6.29 Å². The number of aldehydes is 1. The number of fused-ring (bicyclic) bond motifs is 1. The molecular formula is C11H13NOS. The molecule has 0 aliphatic carbocycles. The molecule has 2 nitrogen and oxygen atoms in total. The average molecular weight is 207 g/mol. The Morgan fingerprint density at radius 3 is 3.00 bits per heavy atom. The SMILES string of the molecule is Cc1cc(C=O)c2c(c1)N(C)CCS2. The van der Waals surface area contributed by atoms with E-state index in [1.807, 2.05) is 13.0 Å². The summed E-state index contributed by atoms with van der Waals surface area (Å²) in [6.07, 6.45) is 0.956. The Hall–Kier alpha value is -0.960. The Morgan fingerprint density at radius 2 is 2.29 bits per heavy atom. The Kier molecular flexibility index (Phi) is 2.50. The van der Waals surface area contributed by atoms with E-state index in [2.05, 4.69) is 18.0 Å². The Bertz CT molecular complexity index is 376. The molecule has 0 N–H and O–H groups in total. The molecule has 0 amide bonds. The van der Waals surface area contributed by atoms with E-state index in [1.54, 1.807) is 11.8 Å². The lowest BCUT2D eigenvalue weighted by atomic mass is 10.1. The van der Waals surface area contributed by atoms with Crippen molar-refractivity contribution in [1.29, 1.82) is 0 Å². The van der Waals surface area contributed by atoms with Gasteiger partial charge in [0, 0.05) is 29.8 Å². The van der Waals surface area contributed by atoms with Crippen LogP contribution in [0.2, 0.25) is 0 Å². The second-order valence-electron chi connectivity index (χ2n) is 3.59. The second-order valence-corrected chi connectivity index (χ2v) is 4.70. The standard InChI is InChI=1S/C11H13NOS/c1-8-5-9(7-13)11-10(6-8)12(2)3-4-14-11/h5-7H,3-4H2,1-2H3. The van der Waals surface area contributed by atoms with Crippen molar-refractivity contribution in [2.75, 3.05) is 24.2 Å². The predicted molar refractivity (Wildman–Crippen MR) is 60.6 cm³/mol. The van der Waals surface area contributed by atoms with Crippen LogP contribution in [-0.4, -0.2) is 25.6 Å². The van der Waals surface area contributed by atoms with Crippen molar-refractivity contribution in [3.63, 3.8) is 0 Å². The molecule has 1 aliphatic heterocycles. The maximum atomic E-state index is 10.9. The minimum Gasteiger partial charge on any atom is -0.373 e. The molecule has 0 bridgehead atoms. The van der Waals surface area contributed by atoms with Crippen LogP contribution in [0.5, 0.6) is 0 Å². The molecule has 0 atom stereocenters. The highest BCUT2D eigenvalue weighted by Gasteiger charge is 2.17. The van der Waals surface area contributed by atoms with Crippen molar-refractivity contribution in [1.82, 2.24) is 0 Å². The molecule has 1 aromatic rings. The summed E-state index contributed by atoms with van der Waals surface area (Å²) in [7, 11) is 2.08. The number of thioether (sulfide) groups is 1. The monoisotopic (exact) mass is 207 g/mol. The molecule has 0 unspecified atom stereocenters. The van der Waals surface area contributed by atoms with Crippen LogP contribution in [0.15, 0.2) is 17.0 Å². The number of carbonyl (C=O) groups excluding carboxylic acids is 1. The minimum atomic E-state index is 0.830. The lowest BCUT2D eigenvalue weighted by Gasteiger charge is -2.28. The molecule has 0 fully saturated rings. The maximum Gasteiger partial charge on any atom is 0.151 e. The molecule has 3 heteroatoms. The van der Waals surface area contributed by atoms with Gasteiger partial charge in [0.05, 0.1) is 5.69 Å². The van der Waals surface area contributed by atoms with E-state index in [0.29, 0.717) is 0 Å². The second kappa shape index (κ2) is 3.65. The van der Waals surface area contributed by atoms with Crippen molar-refractivity contribution >= 4 is 23.7 Å². The summed E-state index contributed by atoms with van der Waals surface area (Å²) in [5, 5.41) is 0. The molecule has 1 aliphatic rings. The Balaban J connectivity index is 2.60. The number of benzene rings is 1. The van der Waals surface area contributed by atoms with Crippen LogP contribution in [0.3, 0.4) is 0 Å². The van der Waals surface area contributed by atoms with E-state index in [1.165, 1.54) is 5.69 Å². The molecule has 74 valence electrons. The fraction of sp³-hybridized carbons (Fsp3) is 0.364. The van der Waals surface area contributed by atoms with Gasteiger partial charge in [-0.2, -0.15) is 0 Å². The smallest absolute Gasteiger partial charge is 0.151 e. The summed E-state index contributed by atoms with van der Waals surface area (Å²) in [5.41, 5.74) is 3.18. The number of rotatable bonds is 1. The van der Waals surface area contributed by atoms with Gasteiger partial charge in [-0.1, -0.05) is 0 Å². The van der Waals surface area contributed by atoms with Crippen molar-refractivity contribution < 1.29 is 4.79 Å². The highest BCUT2D eigenvalue weighted by molar-refractivity contribution is 7.99. The lowest BCUT2D eigenvalue weighted by molar-refractivity contribution is 0.112. The summed E-state index contributed by atoms with van der Waals surface area (Å²) < 4.78 is 0. The first-order valence-electron chi connectivity index (χ1n) is 4.66. The zero-order valence-electron chi connectivity index (χ0n) is 8.41. The fourth-order valence-electron chi connectivity index (χ4n) is 1.72. The van der Waals surface area contributed by atoms with Crippen molar-refractivity contribution in [2.24, 2.45) is 0 Å². The van der Waals surface area contributed by atoms with Crippen LogP contribution in [0.25, 0.3) is 0 Å². The van der Waals surface area contributed by atoms with Crippen molar-refractivity contribution in [3.05, 3.63) is 23.3 Å². The summed E-state index contributed by atoms with van der Waals surface area (Å²) >= 11 is 1.78. The van der Waals surface area contributed by atoms with Gasteiger partial charge in [-0.05, 0) is 24.6 Å². The number of aryl methyl sites for hydroxylation is 1. The number of anilines is 1. The lowest BCUT2D eigenvalue weighted by Crippen LogP contribution is -2.24. The van der Waals surface area contributed by atoms with Gasteiger partial charge >= 0.3 is 0 Å². The molecule has 1 aromatic carbocycles. The van der Waals surface area contributed by atoms with Crippen LogP contribution in [0.1, 0.15) is 15.9 Å². The molecule has 0 saturated carbocycles. The topological polar surface area (TPSA) is 20.3 Å². The largest absolute Gasteiger partial charge is 0.373 e. The Morgan fingerprint density at radius 1 is 1.50 bits per heavy atom. The minimum absolute atomic E-state index is 0.830. The van der Waals surface area contributed by atoms with E-state index in [4.69, 9.17) is 0 Å². The van der Waals surface area contributed by atoms with Gasteiger partial charge in [-0.25, -0.2) is 0 Å². The van der Waals surface area contributed by atoms with Crippen molar-refractivity contribution in [3.8, 4) is 0 Å². The molecule has 0 saturated heterocycles. The summed E-state index contributed by atoms with van der Waals surface area (Å²) in [4.78, 5) is 14.3. The number of hydrogen-bond donors (Lipinski definition) is 0. The molecule has 2 rings (SSSR count). The summed E-state index contributed by atoms with van der Waals surface area (Å²) in [5.74, 6) is 1.06. The molecular weight excluding hydrogens is 194 g/mol. The first-order chi connectivity index (χ1) is 6.72.